The van der Waals surface area contributed by atoms with Crippen LogP contribution in [0.5, 0.6) is 11.8 Å². The molecule has 0 radical (unpaired) electrons. The van der Waals surface area contributed by atoms with E-state index in [4.69, 9.17) is 5.11 Å². The Balaban J connectivity index is 1.69. The van der Waals surface area contributed by atoms with Crippen molar-refractivity contribution in [3.05, 3.63) is 65.9 Å². The molecule has 0 saturated carbocycles. The predicted molar refractivity (Wildman–Crippen MR) is 107 cm³/mol. The lowest BCUT2D eigenvalue weighted by Gasteiger charge is -2.10. The zero-order valence-electron chi connectivity index (χ0n) is 17.1. The molecular formula is C20H14F6N4O5. The highest BCUT2D eigenvalue weighted by Gasteiger charge is 2.31. The van der Waals surface area contributed by atoms with Gasteiger partial charge in [-0.25, -0.2) is 9.59 Å². The zero-order chi connectivity index (χ0) is 25.8. The fraction of sp³-hybridized carbons (Fsp3) is 0.150. The number of urea groups is 1. The van der Waals surface area contributed by atoms with Crippen molar-refractivity contribution in [3.63, 3.8) is 0 Å². The molecule has 3 N–H and O–H groups in total. The number of aromatic nitrogens is 2. The average Bonchev–Trinajstić information content (AvgIpc) is 3.07. The zero-order valence-corrected chi connectivity index (χ0v) is 17.1. The van der Waals surface area contributed by atoms with E-state index in [-0.39, 0.29) is 18.1 Å². The van der Waals surface area contributed by atoms with E-state index in [1.54, 1.807) is 0 Å². The first kappa shape index (κ1) is 25.2. The van der Waals surface area contributed by atoms with E-state index >= 15 is 0 Å². The Hall–Kier alpha value is -4.43. The van der Waals surface area contributed by atoms with Crippen LogP contribution in [0.15, 0.2) is 54.7 Å². The van der Waals surface area contributed by atoms with Crippen molar-refractivity contribution < 1.29 is 50.5 Å². The number of imidazole rings is 1. The van der Waals surface area contributed by atoms with Crippen molar-refractivity contribution in [2.24, 2.45) is 0 Å². The molecule has 2 amide bonds. The summed E-state index contributed by atoms with van der Waals surface area (Å²) in [5, 5.41) is 13.5. The fourth-order valence-electron chi connectivity index (χ4n) is 2.75. The normalized spacial score (nSPS) is 11.6. The lowest BCUT2D eigenvalue weighted by Crippen LogP contribution is -2.20. The van der Waals surface area contributed by atoms with Gasteiger partial charge in [-0.1, -0.05) is 12.1 Å². The van der Waals surface area contributed by atoms with Gasteiger partial charge in [0.05, 0.1) is 18.3 Å². The van der Waals surface area contributed by atoms with Crippen LogP contribution in [0.25, 0.3) is 0 Å². The molecule has 1 aromatic heterocycles. The Kier molecular flexibility index (Phi) is 7.07. The molecule has 0 aliphatic heterocycles. The van der Waals surface area contributed by atoms with Crippen molar-refractivity contribution in [1.29, 1.82) is 0 Å². The third-order valence-electron chi connectivity index (χ3n) is 4.14. The van der Waals surface area contributed by atoms with Crippen molar-refractivity contribution in [2.45, 2.75) is 19.1 Å². The molecule has 35 heavy (non-hydrogen) atoms. The highest BCUT2D eigenvalue weighted by Crippen LogP contribution is 2.29. The third kappa shape index (κ3) is 7.55. The van der Waals surface area contributed by atoms with E-state index in [0.29, 0.717) is 5.56 Å². The number of rotatable bonds is 6. The Bertz CT molecular complexity index is 1190. The van der Waals surface area contributed by atoms with E-state index < -0.39 is 42.0 Å². The minimum absolute atomic E-state index is 0.100. The summed E-state index contributed by atoms with van der Waals surface area (Å²) in [5.74, 6) is -0.677. The predicted octanol–water partition coefficient (Wildman–Crippen LogP) is 5.55. The number of alkyl halides is 6. The summed E-state index contributed by atoms with van der Waals surface area (Å²) in [6.07, 6.45) is -9.94. The maximum atomic E-state index is 12.7. The Morgan fingerprint density at radius 1 is 0.943 bits per heavy atom. The van der Waals surface area contributed by atoms with Gasteiger partial charge in [-0.3, -0.25) is 9.88 Å². The highest BCUT2D eigenvalue weighted by molar-refractivity contribution is 5.99. The number of nitrogens with one attached hydrogen (secondary N) is 2. The summed E-state index contributed by atoms with van der Waals surface area (Å²) >= 11 is 0. The maximum absolute atomic E-state index is 12.7. The number of amides is 2. The van der Waals surface area contributed by atoms with Crippen LogP contribution in [-0.4, -0.2) is 33.2 Å². The topological polar surface area (TPSA) is 115 Å². The minimum atomic E-state index is -4.87. The summed E-state index contributed by atoms with van der Waals surface area (Å²) < 4.78 is 84.2. The SMILES string of the molecule is O=C(Nc1ccc(OC(F)(F)F)cc1)Nc1cn(Cc2ccc(C(F)(F)F)cc2)c(OC(=O)O)n1. The maximum Gasteiger partial charge on any atom is 0.573 e. The Labute approximate surface area is 191 Å². The summed E-state index contributed by atoms with van der Waals surface area (Å²) in [4.78, 5) is 26.9. The number of carbonyl (C=O) groups excluding carboxylic acids is 1. The molecule has 0 unspecified atom stereocenters. The van der Waals surface area contributed by atoms with Gasteiger partial charge in [-0.15, -0.1) is 13.2 Å². The molecule has 3 aromatic rings. The molecule has 2 aromatic carbocycles. The molecule has 9 nitrogen and oxygen atoms in total. The van der Waals surface area contributed by atoms with Crippen LogP contribution in [-0.2, 0) is 12.7 Å². The highest BCUT2D eigenvalue weighted by atomic mass is 19.4. The van der Waals surface area contributed by atoms with Gasteiger partial charge in [-0.05, 0) is 42.0 Å². The van der Waals surface area contributed by atoms with Gasteiger partial charge < -0.3 is 19.9 Å². The largest absolute Gasteiger partial charge is 0.573 e. The molecule has 0 atom stereocenters. The summed E-state index contributed by atoms with van der Waals surface area (Å²) in [7, 11) is 0. The Morgan fingerprint density at radius 3 is 2.11 bits per heavy atom. The molecule has 15 heteroatoms. The number of benzene rings is 2. The smallest absolute Gasteiger partial charge is 0.449 e. The lowest BCUT2D eigenvalue weighted by molar-refractivity contribution is -0.274. The van der Waals surface area contributed by atoms with Crippen molar-refractivity contribution in [3.8, 4) is 11.8 Å². The molecule has 0 saturated heterocycles. The van der Waals surface area contributed by atoms with Crippen LogP contribution in [0.3, 0.4) is 0 Å². The number of ether oxygens (including phenoxy) is 2. The van der Waals surface area contributed by atoms with E-state index in [1.807, 2.05) is 0 Å². The molecule has 0 bridgehead atoms. The fourth-order valence-corrected chi connectivity index (χ4v) is 2.75. The Morgan fingerprint density at radius 2 is 1.57 bits per heavy atom. The van der Waals surface area contributed by atoms with E-state index in [1.165, 1.54) is 18.3 Å². The second kappa shape index (κ2) is 9.82. The summed E-state index contributed by atoms with van der Waals surface area (Å²) in [6, 6.07) is 6.94. The van der Waals surface area contributed by atoms with Crippen molar-refractivity contribution in [2.75, 3.05) is 10.6 Å². The number of hydrogen-bond donors (Lipinski definition) is 3. The summed E-state index contributed by atoms with van der Waals surface area (Å²) in [6.45, 7) is -0.141. The average molecular weight is 504 g/mol. The molecule has 0 fully saturated rings. The van der Waals surface area contributed by atoms with Gasteiger partial charge in [0.1, 0.15) is 5.75 Å². The number of halogens is 6. The van der Waals surface area contributed by atoms with Crippen LogP contribution in [0.4, 0.5) is 47.4 Å². The lowest BCUT2D eigenvalue weighted by atomic mass is 10.1. The number of carboxylic acid groups (broad SMARTS) is 1. The molecule has 186 valence electrons. The van der Waals surface area contributed by atoms with Gasteiger partial charge in [0.25, 0.3) is 0 Å². The van der Waals surface area contributed by atoms with Gasteiger partial charge >= 0.3 is 30.7 Å². The number of nitrogens with zero attached hydrogens (tertiary/aromatic N) is 2. The standard InChI is InChI=1S/C20H14F6N4O5/c21-19(22,23)12-3-1-11(2-4-12)9-30-10-15(29-17(30)34-18(32)33)28-16(31)27-13-5-7-14(8-6-13)35-20(24,25)26/h1-8,10H,9H2,(H,32,33)(H2,27,28,31). The first-order valence-corrected chi connectivity index (χ1v) is 9.36. The number of carbonyl (C=O) groups is 2. The van der Waals surface area contributed by atoms with Gasteiger partial charge in [0.2, 0.25) is 0 Å². The van der Waals surface area contributed by atoms with Crippen LogP contribution in [0.2, 0.25) is 0 Å². The van der Waals surface area contributed by atoms with Gasteiger partial charge in [-0.2, -0.15) is 18.2 Å². The van der Waals surface area contributed by atoms with Crippen LogP contribution < -0.4 is 20.1 Å². The molecular weight excluding hydrogens is 490 g/mol. The third-order valence-corrected chi connectivity index (χ3v) is 4.14. The molecule has 3 rings (SSSR count). The first-order chi connectivity index (χ1) is 16.3. The molecule has 0 spiro atoms. The van der Waals surface area contributed by atoms with E-state index in [2.05, 4.69) is 25.1 Å². The van der Waals surface area contributed by atoms with Crippen LogP contribution in [0, 0.1) is 0 Å². The second-order valence-corrected chi connectivity index (χ2v) is 6.75. The van der Waals surface area contributed by atoms with Gasteiger partial charge in [0, 0.05) is 5.69 Å². The number of hydrogen-bond acceptors (Lipinski definition) is 5. The quantitative estimate of drug-likeness (QED) is 0.300. The molecule has 0 aliphatic rings. The second-order valence-electron chi connectivity index (χ2n) is 6.75. The minimum Gasteiger partial charge on any atom is -0.449 e. The van der Waals surface area contributed by atoms with E-state index in [0.717, 1.165) is 41.0 Å². The molecule has 0 aliphatic carbocycles. The first-order valence-electron chi connectivity index (χ1n) is 9.36. The van der Waals surface area contributed by atoms with E-state index in [9.17, 15) is 35.9 Å². The monoisotopic (exact) mass is 504 g/mol. The summed E-state index contributed by atoms with van der Waals surface area (Å²) in [5.41, 5.74) is -0.419. The van der Waals surface area contributed by atoms with Crippen LogP contribution >= 0.6 is 0 Å². The number of anilines is 2. The van der Waals surface area contributed by atoms with Crippen LogP contribution in [0.1, 0.15) is 11.1 Å². The molecule has 1 heterocycles. The van der Waals surface area contributed by atoms with Crippen molar-refractivity contribution in [1.82, 2.24) is 9.55 Å². The van der Waals surface area contributed by atoms with Gasteiger partial charge in [0.15, 0.2) is 5.82 Å². The van der Waals surface area contributed by atoms with Crippen molar-refractivity contribution >= 4 is 23.7 Å².